The van der Waals surface area contributed by atoms with Crippen molar-refractivity contribution >= 4 is 0 Å². The highest BCUT2D eigenvalue weighted by molar-refractivity contribution is 5.17. The van der Waals surface area contributed by atoms with Crippen molar-refractivity contribution in [3.05, 3.63) is 35.9 Å². The molecule has 0 aliphatic rings. The minimum absolute atomic E-state index is 0.742. The maximum atomic E-state index is 3.45. The van der Waals surface area contributed by atoms with Crippen LogP contribution in [0.5, 0.6) is 0 Å². The summed E-state index contributed by atoms with van der Waals surface area (Å²) in [4.78, 5) is 0. The first-order valence-corrected chi connectivity index (χ1v) is 8.85. The maximum absolute atomic E-state index is 3.45. The zero-order valence-corrected chi connectivity index (χ0v) is 13.7. The lowest BCUT2D eigenvalue weighted by atomic mass is 9.88. The van der Waals surface area contributed by atoms with Gasteiger partial charge in [0.05, 0.1) is 0 Å². The first-order valence-electron chi connectivity index (χ1n) is 8.85. The van der Waals surface area contributed by atoms with Crippen LogP contribution >= 0.6 is 0 Å². The highest BCUT2D eigenvalue weighted by atomic mass is 14.1. The van der Waals surface area contributed by atoms with Gasteiger partial charge in [-0.2, -0.15) is 0 Å². The number of unbranched alkanes of at least 4 members (excludes halogenated alkanes) is 7. The van der Waals surface area contributed by atoms with E-state index < -0.39 is 0 Å². The molecule has 113 valence electrons. The van der Waals surface area contributed by atoms with E-state index in [0.29, 0.717) is 0 Å². The van der Waals surface area contributed by atoms with Crippen molar-refractivity contribution in [3.8, 4) is 0 Å². The van der Waals surface area contributed by atoms with Crippen molar-refractivity contribution in [2.24, 2.45) is 0 Å². The van der Waals surface area contributed by atoms with Gasteiger partial charge in [0.1, 0.15) is 0 Å². The third-order valence-electron chi connectivity index (χ3n) is 4.24. The van der Waals surface area contributed by atoms with Crippen molar-refractivity contribution < 1.29 is 0 Å². The summed E-state index contributed by atoms with van der Waals surface area (Å²) in [6, 6.07) is 12.0. The second-order valence-electron chi connectivity index (χ2n) is 6.07. The van der Waals surface area contributed by atoms with E-state index in [0.717, 1.165) is 5.92 Å². The van der Waals surface area contributed by atoms with Crippen LogP contribution in [0, 0.1) is 6.07 Å². The number of benzene rings is 1. The third-order valence-corrected chi connectivity index (χ3v) is 4.24. The molecule has 20 heavy (non-hydrogen) atoms. The van der Waals surface area contributed by atoms with E-state index in [2.05, 4.69) is 44.2 Å². The molecule has 0 bridgehead atoms. The predicted molar refractivity (Wildman–Crippen MR) is 90.2 cm³/mol. The maximum Gasteiger partial charge on any atom is -0.0146 e. The molecule has 1 aromatic rings. The van der Waals surface area contributed by atoms with E-state index in [9.17, 15) is 0 Å². The minimum atomic E-state index is 0.742. The molecule has 0 N–H and O–H groups in total. The second-order valence-corrected chi connectivity index (χ2v) is 6.07. The first kappa shape index (κ1) is 17.3. The fourth-order valence-electron chi connectivity index (χ4n) is 2.91. The van der Waals surface area contributed by atoms with Gasteiger partial charge in [-0.25, -0.2) is 0 Å². The molecular formula is C20H33. The molecular weight excluding hydrogens is 240 g/mol. The van der Waals surface area contributed by atoms with E-state index in [4.69, 9.17) is 0 Å². The van der Waals surface area contributed by atoms with Gasteiger partial charge in [0.25, 0.3) is 0 Å². The summed E-state index contributed by atoms with van der Waals surface area (Å²) in [5.74, 6) is 0.742. The Bertz CT molecular complexity index is 301. The Morgan fingerprint density at radius 1 is 0.800 bits per heavy atom. The fourth-order valence-corrected chi connectivity index (χ4v) is 2.91. The van der Waals surface area contributed by atoms with Gasteiger partial charge in [-0.1, -0.05) is 95.9 Å². The lowest BCUT2D eigenvalue weighted by Gasteiger charge is -2.16. The standard InChI is InChI=1S/C20H33/c1-3-5-7-8-9-10-12-16-19(15-6-4-2)20-17-13-11-14-18-20/h11,13-14,17,19H,3-10,12,15-16H2,1-2H3. The Kier molecular flexibility index (Phi) is 10.4. The SMILES string of the molecule is CCCCCCCCCC(CCCC)c1[c]cccc1. The van der Waals surface area contributed by atoms with Crippen LogP contribution in [-0.4, -0.2) is 0 Å². The van der Waals surface area contributed by atoms with Gasteiger partial charge in [0.2, 0.25) is 0 Å². The molecule has 0 saturated heterocycles. The Labute approximate surface area is 127 Å². The molecule has 1 unspecified atom stereocenters. The van der Waals surface area contributed by atoms with Gasteiger partial charge in [-0.3, -0.25) is 0 Å². The topological polar surface area (TPSA) is 0 Å². The van der Waals surface area contributed by atoms with Gasteiger partial charge < -0.3 is 0 Å². The van der Waals surface area contributed by atoms with E-state index >= 15 is 0 Å². The molecule has 0 heterocycles. The summed E-state index contributed by atoms with van der Waals surface area (Å²) >= 11 is 0. The molecule has 0 amide bonds. The van der Waals surface area contributed by atoms with Gasteiger partial charge in [-0.15, -0.1) is 0 Å². The van der Waals surface area contributed by atoms with Crippen molar-refractivity contribution in [1.29, 1.82) is 0 Å². The van der Waals surface area contributed by atoms with Crippen LogP contribution in [0.4, 0.5) is 0 Å². The average molecular weight is 273 g/mol. The Balaban J connectivity index is 2.24. The number of hydrogen-bond acceptors (Lipinski definition) is 0. The van der Waals surface area contributed by atoms with Crippen LogP contribution in [0.15, 0.2) is 24.3 Å². The molecule has 0 spiro atoms. The Hall–Kier alpha value is -0.780. The minimum Gasteiger partial charge on any atom is -0.0654 e. The number of hydrogen-bond donors (Lipinski definition) is 0. The number of rotatable bonds is 12. The zero-order chi connectivity index (χ0) is 14.5. The van der Waals surface area contributed by atoms with E-state index in [1.165, 1.54) is 76.2 Å². The van der Waals surface area contributed by atoms with Gasteiger partial charge in [-0.05, 0) is 30.4 Å². The summed E-state index contributed by atoms with van der Waals surface area (Å²) in [7, 11) is 0. The summed E-state index contributed by atoms with van der Waals surface area (Å²) in [6.07, 6.45) is 15.2. The lowest BCUT2D eigenvalue weighted by Crippen LogP contribution is -1.99. The molecule has 0 fully saturated rings. The molecule has 0 saturated carbocycles. The molecule has 0 aliphatic heterocycles. The van der Waals surface area contributed by atoms with Crippen LogP contribution in [0.2, 0.25) is 0 Å². The highest BCUT2D eigenvalue weighted by Gasteiger charge is 2.10. The molecule has 1 aromatic carbocycles. The molecule has 0 nitrogen and oxygen atoms in total. The van der Waals surface area contributed by atoms with E-state index in [1.54, 1.807) is 0 Å². The van der Waals surface area contributed by atoms with Gasteiger partial charge in [0.15, 0.2) is 0 Å². The predicted octanol–water partition coefficient (Wildman–Crippen LogP) is 6.90. The third kappa shape index (κ3) is 7.72. The average Bonchev–Trinajstić information content (AvgIpc) is 2.50. The summed E-state index contributed by atoms with van der Waals surface area (Å²) < 4.78 is 0. The quantitative estimate of drug-likeness (QED) is 0.363. The molecule has 0 heteroatoms. The van der Waals surface area contributed by atoms with Crippen molar-refractivity contribution in [2.45, 2.75) is 90.4 Å². The summed E-state index contributed by atoms with van der Waals surface area (Å²) in [5, 5.41) is 0. The van der Waals surface area contributed by atoms with Crippen LogP contribution in [0.1, 0.15) is 96.0 Å². The fraction of sp³-hybridized carbons (Fsp3) is 0.700. The Morgan fingerprint density at radius 2 is 1.45 bits per heavy atom. The largest absolute Gasteiger partial charge is 0.0654 e. The normalized spacial score (nSPS) is 12.5. The smallest absolute Gasteiger partial charge is 0.0146 e. The molecule has 1 atom stereocenters. The van der Waals surface area contributed by atoms with Crippen molar-refractivity contribution in [3.63, 3.8) is 0 Å². The highest BCUT2D eigenvalue weighted by Crippen LogP contribution is 2.27. The molecule has 1 rings (SSSR count). The van der Waals surface area contributed by atoms with Crippen LogP contribution in [0.25, 0.3) is 0 Å². The molecule has 1 radical (unpaired) electrons. The first-order chi connectivity index (χ1) is 9.88. The van der Waals surface area contributed by atoms with Crippen molar-refractivity contribution in [2.75, 3.05) is 0 Å². The monoisotopic (exact) mass is 273 g/mol. The molecule has 0 aliphatic carbocycles. The second kappa shape index (κ2) is 12.0. The molecule has 0 aromatic heterocycles. The van der Waals surface area contributed by atoms with Crippen LogP contribution in [-0.2, 0) is 0 Å². The zero-order valence-electron chi connectivity index (χ0n) is 13.7. The summed E-state index contributed by atoms with van der Waals surface area (Å²) in [5.41, 5.74) is 1.44. The van der Waals surface area contributed by atoms with Crippen LogP contribution in [0.3, 0.4) is 0 Å². The van der Waals surface area contributed by atoms with E-state index in [1.807, 2.05) is 0 Å². The van der Waals surface area contributed by atoms with E-state index in [-0.39, 0.29) is 0 Å². The van der Waals surface area contributed by atoms with Gasteiger partial charge >= 0.3 is 0 Å². The summed E-state index contributed by atoms with van der Waals surface area (Å²) in [6.45, 7) is 4.58. The lowest BCUT2D eigenvalue weighted by molar-refractivity contribution is 0.499. The van der Waals surface area contributed by atoms with Crippen molar-refractivity contribution in [1.82, 2.24) is 0 Å². The Morgan fingerprint density at radius 3 is 2.10 bits per heavy atom. The van der Waals surface area contributed by atoms with Crippen LogP contribution < -0.4 is 0 Å². The van der Waals surface area contributed by atoms with Gasteiger partial charge in [0, 0.05) is 0 Å².